The van der Waals surface area contributed by atoms with Crippen LogP contribution in [-0.2, 0) is 5.41 Å². The summed E-state index contributed by atoms with van der Waals surface area (Å²) in [7, 11) is 0. The molecule has 0 spiro atoms. The zero-order valence-electron chi connectivity index (χ0n) is 15.7. The molecule has 0 heteroatoms. The van der Waals surface area contributed by atoms with Gasteiger partial charge in [0.05, 0.1) is 0 Å². The van der Waals surface area contributed by atoms with Crippen molar-refractivity contribution in [3.63, 3.8) is 0 Å². The molecule has 0 aromatic heterocycles. The largest absolute Gasteiger partial charge is 0.0622 e. The van der Waals surface area contributed by atoms with Crippen LogP contribution in [0.5, 0.6) is 0 Å². The van der Waals surface area contributed by atoms with E-state index in [0.717, 1.165) is 0 Å². The number of hydrogen-bond donors (Lipinski definition) is 0. The van der Waals surface area contributed by atoms with Crippen LogP contribution in [0, 0.1) is 0 Å². The smallest absolute Gasteiger partial charge is 0.00675 e. The van der Waals surface area contributed by atoms with Gasteiger partial charge in [-0.25, -0.2) is 0 Å². The second-order valence-corrected chi connectivity index (χ2v) is 7.87. The predicted octanol–water partition coefficient (Wildman–Crippen LogP) is 7.47. The zero-order valence-corrected chi connectivity index (χ0v) is 15.7. The van der Waals surface area contributed by atoms with Crippen molar-refractivity contribution in [2.24, 2.45) is 0 Å². The number of hydrogen-bond acceptors (Lipinski definition) is 0. The summed E-state index contributed by atoms with van der Waals surface area (Å²) >= 11 is 0. The maximum absolute atomic E-state index is 2.40. The Balaban J connectivity index is 2.15. The molecule has 26 heavy (non-hydrogen) atoms. The van der Waals surface area contributed by atoms with E-state index in [2.05, 4.69) is 112 Å². The molecule has 0 nitrogen and oxygen atoms in total. The normalized spacial score (nSPS) is 11.7. The summed E-state index contributed by atoms with van der Waals surface area (Å²) in [5.74, 6) is 0. The van der Waals surface area contributed by atoms with Gasteiger partial charge in [-0.2, -0.15) is 0 Å². The Labute approximate surface area is 156 Å². The first-order valence-corrected chi connectivity index (χ1v) is 9.23. The lowest BCUT2D eigenvalue weighted by Gasteiger charge is -2.26. The van der Waals surface area contributed by atoms with E-state index in [1.807, 2.05) is 0 Å². The average Bonchev–Trinajstić information content (AvgIpc) is 2.67. The fourth-order valence-corrected chi connectivity index (χ4v) is 3.74. The van der Waals surface area contributed by atoms with Crippen molar-refractivity contribution in [2.75, 3.05) is 0 Å². The van der Waals surface area contributed by atoms with Gasteiger partial charge in [0.1, 0.15) is 0 Å². The van der Waals surface area contributed by atoms with Crippen molar-refractivity contribution in [1.82, 2.24) is 0 Å². The van der Waals surface area contributed by atoms with Crippen molar-refractivity contribution < 1.29 is 0 Å². The van der Waals surface area contributed by atoms with Gasteiger partial charge in [0, 0.05) is 0 Å². The van der Waals surface area contributed by atoms with E-state index in [1.165, 1.54) is 38.6 Å². The molecule has 0 saturated heterocycles. The highest BCUT2D eigenvalue weighted by molar-refractivity contribution is 6.06. The Morgan fingerprint density at radius 2 is 1.04 bits per heavy atom. The molecule has 0 heterocycles. The standard InChI is InChI=1S/C26H24/c1-26(2,3)24-18-23(19-12-6-4-7-13-19)21-16-10-11-17-22(21)25(24)20-14-8-5-9-15-20/h4-18H,1-3H3. The van der Waals surface area contributed by atoms with E-state index in [9.17, 15) is 0 Å². The van der Waals surface area contributed by atoms with Crippen molar-refractivity contribution in [3.8, 4) is 22.3 Å². The summed E-state index contributed by atoms with van der Waals surface area (Å²) in [4.78, 5) is 0. The molecule has 0 bridgehead atoms. The number of fused-ring (bicyclic) bond motifs is 1. The summed E-state index contributed by atoms with van der Waals surface area (Å²) in [6, 6.07) is 32.7. The first kappa shape index (κ1) is 16.6. The van der Waals surface area contributed by atoms with Gasteiger partial charge in [-0.3, -0.25) is 0 Å². The highest BCUT2D eigenvalue weighted by Crippen LogP contribution is 2.42. The lowest BCUT2D eigenvalue weighted by atomic mass is 9.77. The van der Waals surface area contributed by atoms with Crippen LogP contribution < -0.4 is 0 Å². The molecule has 128 valence electrons. The minimum atomic E-state index is 0.0543. The molecule has 4 aromatic rings. The van der Waals surface area contributed by atoms with E-state index in [1.54, 1.807) is 0 Å². The third-order valence-corrected chi connectivity index (χ3v) is 5.00. The zero-order chi connectivity index (χ0) is 18.1. The van der Waals surface area contributed by atoms with E-state index >= 15 is 0 Å². The van der Waals surface area contributed by atoms with Crippen LogP contribution in [0.2, 0.25) is 0 Å². The molecule has 0 aliphatic heterocycles. The molecule has 0 aliphatic rings. The molecule has 0 atom stereocenters. The van der Waals surface area contributed by atoms with E-state index < -0.39 is 0 Å². The molecule has 4 aromatic carbocycles. The molecule has 0 unspecified atom stereocenters. The predicted molar refractivity (Wildman–Crippen MR) is 114 cm³/mol. The van der Waals surface area contributed by atoms with Crippen LogP contribution in [-0.4, -0.2) is 0 Å². The minimum absolute atomic E-state index is 0.0543. The third-order valence-electron chi connectivity index (χ3n) is 5.00. The summed E-state index contributed by atoms with van der Waals surface area (Å²) in [6.07, 6.45) is 0. The second-order valence-electron chi connectivity index (χ2n) is 7.87. The molecular weight excluding hydrogens is 312 g/mol. The Kier molecular flexibility index (Phi) is 4.12. The van der Waals surface area contributed by atoms with E-state index in [0.29, 0.717) is 0 Å². The van der Waals surface area contributed by atoms with Gasteiger partial charge in [-0.05, 0) is 50.1 Å². The summed E-state index contributed by atoms with van der Waals surface area (Å²) in [5.41, 5.74) is 6.67. The van der Waals surface area contributed by atoms with E-state index in [-0.39, 0.29) is 5.41 Å². The first-order chi connectivity index (χ1) is 12.6. The van der Waals surface area contributed by atoms with Crippen LogP contribution in [0.15, 0.2) is 91.0 Å². The molecular formula is C26H24. The molecule has 0 fully saturated rings. The van der Waals surface area contributed by atoms with Crippen LogP contribution in [0.4, 0.5) is 0 Å². The maximum atomic E-state index is 2.40. The lowest BCUT2D eigenvalue weighted by molar-refractivity contribution is 0.593. The van der Waals surface area contributed by atoms with Gasteiger partial charge in [0.15, 0.2) is 0 Å². The van der Waals surface area contributed by atoms with Gasteiger partial charge in [-0.15, -0.1) is 0 Å². The Hall–Kier alpha value is -2.86. The Bertz CT molecular complexity index is 1040. The van der Waals surface area contributed by atoms with Crippen molar-refractivity contribution in [2.45, 2.75) is 26.2 Å². The first-order valence-electron chi connectivity index (χ1n) is 9.23. The molecule has 0 saturated carbocycles. The highest BCUT2D eigenvalue weighted by Gasteiger charge is 2.23. The summed E-state index contributed by atoms with van der Waals surface area (Å²) in [6.45, 7) is 6.91. The second kappa shape index (κ2) is 6.46. The van der Waals surface area contributed by atoms with Gasteiger partial charge < -0.3 is 0 Å². The molecule has 0 radical (unpaired) electrons. The van der Waals surface area contributed by atoms with Gasteiger partial charge in [0.25, 0.3) is 0 Å². The fourth-order valence-electron chi connectivity index (χ4n) is 3.74. The lowest BCUT2D eigenvalue weighted by Crippen LogP contribution is -2.13. The monoisotopic (exact) mass is 336 g/mol. The van der Waals surface area contributed by atoms with Crippen LogP contribution in [0.25, 0.3) is 33.0 Å². The fraction of sp³-hybridized carbons (Fsp3) is 0.154. The van der Waals surface area contributed by atoms with Gasteiger partial charge >= 0.3 is 0 Å². The quantitative estimate of drug-likeness (QED) is 0.356. The van der Waals surface area contributed by atoms with Gasteiger partial charge in [-0.1, -0.05) is 106 Å². The van der Waals surface area contributed by atoms with Crippen LogP contribution in [0.1, 0.15) is 26.3 Å². The van der Waals surface area contributed by atoms with Crippen molar-refractivity contribution in [3.05, 3.63) is 96.6 Å². The van der Waals surface area contributed by atoms with Crippen LogP contribution >= 0.6 is 0 Å². The number of rotatable bonds is 2. The summed E-state index contributed by atoms with van der Waals surface area (Å²) < 4.78 is 0. The maximum Gasteiger partial charge on any atom is -0.00675 e. The third kappa shape index (κ3) is 2.93. The molecule has 0 N–H and O–H groups in total. The van der Waals surface area contributed by atoms with Crippen LogP contribution in [0.3, 0.4) is 0 Å². The van der Waals surface area contributed by atoms with E-state index in [4.69, 9.17) is 0 Å². The molecule has 0 aliphatic carbocycles. The highest BCUT2D eigenvalue weighted by atomic mass is 14.3. The number of benzene rings is 4. The molecule has 0 amide bonds. The topological polar surface area (TPSA) is 0 Å². The minimum Gasteiger partial charge on any atom is -0.0622 e. The van der Waals surface area contributed by atoms with Crippen molar-refractivity contribution >= 4 is 10.8 Å². The Morgan fingerprint density at radius 1 is 0.538 bits per heavy atom. The van der Waals surface area contributed by atoms with Crippen molar-refractivity contribution in [1.29, 1.82) is 0 Å². The Morgan fingerprint density at radius 3 is 1.62 bits per heavy atom. The SMILES string of the molecule is CC(C)(C)c1cc(-c2ccccc2)c2ccccc2c1-c1ccccc1. The molecule has 4 rings (SSSR count). The summed E-state index contributed by atoms with van der Waals surface area (Å²) in [5, 5.41) is 2.63. The average molecular weight is 336 g/mol. The van der Waals surface area contributed by atoms with Gasteiger partial charge in [0.2, 0.25) is 0 Å².